The number of pyridine rings is 1. The number of fused-ring (bicyclic) bond motifs is 1. The average Bonchev–Trinajstić information content (AvgIpc) is 3.24. The summed E-state index contributed by atoms with van der Waals surface area (Å²) in [7, 11) is 1.58. The van der Waals surface area contributed by atoms with Gasteiger partial charge in [0.2, 0.25) is 0 Å². The fourth-order valence-corrected chi connectivity index (χ4v) is 4.04. The van der Waals surface area contributed by atoms with Gasteiger partial charge in [0.05, 0.1) is 12.8 Å². The van der Waals surface area contributed by atoms with Crippen LogP contribution in [0.1, 0.15) is 21.7 Å². The lowest BCUT2D eigenvalue weighted by molar-refractivity contribution is 0.0973. The molecule has 33 heavy (non-hydrogen) atoms. The van der Waals surface area contributed by atoms with Crippen LogP contribution in [0.2, 0.25) is 0 Å². The number of amides is 1. The van der Waals surface area contributed by atoms with Crippen molar-refractivity contribution in [1.29, 1.82) is 5.26 Å². The summed E-state index contributed by atoms with van der Waals surface area (Å²) in [5.41, 5.74) is 3.25. The molecule has 0 bridgehead atoms. The second kappa shape index (κ2) is 8.13. The molecule has 1 aliphatic heterocycles. The van der Waals surface area contributed by atoms with E-state index in [1.165, 1.54) is 15.3 Å². The molecule has 5 rings (SSSR count). The second-order valence-corrected chi connectivity index (χ2v) is 7.53. The Morgan fingerprint density at radius 1 is 0.939 bits per heavy atom. The van der Waals surface area contributed by atoms with Crippen molar-refractivity contribution in [3.8, 4) is 23.2 Å². The third-order valence-corrected chi connectivity index (χ3v) is 5.70. The number of nitriles is 1. The van der Waals surface area contributed by atoms with Crippen molar-refractivity contribution >= 4 is 11.6 Å². The van der Waals surface area contributed by atoms with Crippen LogP contribution in [-0.2, 0) is 6.42 Å². The van der Waals surface area contributed by atoms with Crippen LogP contribution in [-0.4, -0.2) is 33.9 Å². The zero-order valence-corrected chi connectivity index (χ0v) is 17.8. The Bertz CT molecular complexity index is 1440. The summed E-state index contributed by atoms with van der Waals surface area (Å²) in [4.78, 5) is 27.3. The van der Waals surface area contributed by atoms with E-state index in [4.69, 9.17) is 4.74 Å². The number of hydrogen-bond acceptors (Lipinski definition) is 5. The Balaban J connectivity index is 1.52. The molecule has 8 nitrogen and oxygen atoms in total. The van der Waals surface area contributed by atoms with Gasteiger partial charge >= 0.3 is 0 Å². The number of benzene rings is 2. The van der Waals surface area contributed by atoms with Crippen LogP contribution < -0.4 is 15.2 Å². The maximum absolute atomic E-state index is 13.5. The van der Waals surface area contributed by atoms with E-state index in [1.54, 1.807) is 66.7 Å². The summed E-state index contributed by atoms with van der Waals surface area (Å²) in [6.45, 7) is 0.430. The first-order valence-electron chi connectivity index (χ1n) is 10.4. The molecule has 0 aliphatic carbocycles. The van der Waals surface area contributed by atoms with E-state index in [1.807, 2.05) is 12.1 Å². The lowest BCUT2D eigenvalue weighted by Crippen LogP contribution is -2.38. The summed E-state index contributed by atoms with van der Waals surface area (Å²) in [6.07, 6.45) is 2.21. The van der Waals surface area contributed by atoms with E-state index in [0.29, 0.717) is 47.0 Å². The molecule has 0 radical (unpaired) electrons. The van der Waals surface area contributed by atoms with Crippen LogP contribution >= 0.6 is 0 Å². The SMILES string of the molecule is COc1ccc(-n2nc(C#N)c3c2C(=O)N(c2ccc(-n4ccccc4=O)cc2)CC3)cc1. The Hall–Kier alpha value is -4.64. The number of carbonyl (C=O) groups is 1. The van der Waals surface area contributed by atoms with E-state index in [2.05, 4.69) is 11.2 Å². The minimum Gasteiger partial charge on any atom is -0.497 e. The monoisotopic (exact) mass is 437 g/mol. The number of ether oxygens (including phenoxy) is 1. The van der Waals surface area contributed by atoms with Gasteiger partial charge in [-0.3, -0.25) is 14.2 Å². The molecule has 8 heteroatoms. The number of rotatable bonds is 4. The predicted octanol–water partition coefficient (Wildman–Crippen LogP) is 3.11. The topological polar surface area (TPSA) is 93.1 Å². The number of nitrogens with zero attached hydrogens (tertiary/aromatic N) is 5. The van der Waals surface area contributed by atoms with Crippen molar-refractivity contribution < 1.29 is 9.53 Å². The highest BCUT2D eigenvalue weighted by atomic mass is 16.5. The zero-order chi connectivity index (χ0) is 22.9. The van der Waals surface area contributed by atoms with Crippen LogP contribution in [0.4, 0.5) is 5.69 Å². The molecular formula is C25H19N5O3. The smallest absolute Gasteiger partial charge is 0.277 e. The maximum atomic E-state index is 13.5. The fourth-order valence-electron chi connectivity index (χ4n) is 4.04. The number of anilines is 1. The van der Waals surface area contributed by atoms with E-state index in [-0.39, 0.29) is 17.2 Å². The summed E-state index contributed by atoms with van der Waals surface area (Å²) >= 11 is 0. The van der Waals surface area contributed by atoms with Crippen molar-refractivity contribution in [1.82, 2.24) is 14.3 Å². The molecule has 0 atom stereocenters. The van der Waals surface area contributed by atoms with Gasteiger partial charge in [0.15, 0.2) is 5.69 Å². The number of aromatic nitrogens is 3. The second-order valence-electron chi connectivity index (χ2n) is 7.53. The minimum absolute atomic E-state index is 0.128. The van der Waals surface area contributed by atoms with Gasteiger partial charge in [-0.15, -0.1) is 0 Å². The van der Waals surface area contributed by atoms with Crippen molar-refractivity contribution in [3.05, 3.63) is 100 Å². The number of hydrogen-bond donors (Lipinski definition) is 0. The zero-order valence-electron chi connectivity index (χ0n) is 17.8. The summed E-state index contributed by atoms with van der Waals surface area (Å²) in [5.74, 6) is 0.455. The van der Waals surface area contributed by atoms with E-state index in [9.17, 15) is 14.9 Å². The highest BCUT2D eigenvalue weighted by Crippen LogP contribution is 2.29. The summed E-state index contributed by atoms with van der Waals surface area (Å²) < 4.78 is 8.28. The van der Waals surface area contributed by atoms with E-state index in [0.717, 1.165) is 0 Å². The van der Waals surface area contributed by atoms with Gasteiger partial charge in [0.25, 0.3) is 11.5 Å². The van der Waals surface area contributed by atoms with Crippen molar-refractivity contribution in [2.24, 2.45) is 0 Å². The first-order valence-corrected chi connectivity index (χ1v) is 10.4. The van der Waals surface area contributed by atoms with Crippen LogP contribution in [0, 0.1) is 11.3 Å². The molecule has 4 aromatic rings. The number of carbonyl (C=O) groups excluding carboxylic acids is 1. The molecule has 0 saturated carbocycles. The largest absolute Gasteiger partial charge is 0.497 e. The quantitative estimate of drug-likeness (QED) is 0.489. The summed E-state index contributed by atoms with van der Waals surface area (Å²) in [5, 5.41) is 14.0. The summed E-state index contributed by atoms with van der Waals surface area (Å²) in [6, 6.07) is 21.5. The molecule has 2 aromatic carbocycles. The molecule has 0 fully saturated rings. The lowest BCUT2D eigenvalue weighted by atomic mass is 10.0. The molecular weight excluding hydrogens is 418 g/mol. The Morgan fingerprint density at radius 2 is 1.64 bits per heavy atom. The normalized spacial score (nSPS) is 12.8. The molecule has 1 amide bonds. The Kier molecular flexibility index (Phi) is 4.99. The lowest BCUT2D eigenvalue weighted by Gasteiger charge is -2.27. The standard InChI is InChI=1S/C25H19N5O3/c1-33-20-11-9-19(10-12-20)30-24-21(22(16-26)27-30)13-15-29(25(24)32)18-7-5-17(6-8-18)28-14-3-2-4-23(28)31/h2-12,14H,13,15H2,1H3. The molecule has 0 saturated heterocycles. The molecule has 2 aromatic heterocycles. The van der Waals surface area contributed by atoms with Crippen molar-refractivity contribution in [2.45, 2.75) is 6.42 Å². The molecule has 0 unspecified atom stereocenters. The molecule has 0 N–H and O–H groups in total. The van der Waals surface area contributed by atoms with Gasteiger partial charge in [0.1, 0.15) is 17.5 Å². The van der Waals surface area contributed by atoms with Gasteiger partial charge in [0, 0.05) is 35.7 Å². The molecule has 3 heterocycles. The minimum atomic E-state index is -0.231. The Morgan fingerprint density at radius 3 is 2.30 bits per heavy atom. The van der Waals surface area contributed by atoms with Crippen LogP contribution in [0.5, 0.6) is 5.75 Å². The van der Waals surface area contributed by atoms with Gasteiger partial charge in [-0.1, -0.05) is 6.07 Å². The fraction of sp³-hybridized carbons (Fsp3) is 0.120. The molecule has 0 spiro atoms. The highest BCUT2D eigenvalue weighted by Gasteiger charge is 2.33. The van der Waals surface area contributed by atoms with Crippen LogP contribution in [0.25, 0.3) is 11.4 Å². The van der Waals surface area contributed by atoms with Crippen LogP contribution in [0.3, 0.4) is 0 Å². The average molecular weight is 437 g/mol. The van der Waals surface area contributed by atoms with Gasteiger partial charge < -0.3 is 9.64 Å². The van der Waals surface area contributed by atoms with Crippen molar-refractivity contribution in [2.75, 3.05) is 18.6 Å². The van der Waals surface area contributed by atoms with Crippen molar-refractivity contribution in [3.63, 3.8) is 0 Å². The van der Waals surface area contributed by atoms with Gasteiger partial charge in [-0.25, -0.2) is 4.68 Å². The third-order valence-electron chi connectivity index (χ3n) is 5.70. The highest BCUT2D eigenvalue weighted by molar-refractivity contribution is 6.07. The van der Waals surface area contributed by atoms with Gasteiger partial charge in [-0.05, 0) is 61.0 Å². The van der Waals surface area contributed by atoms with E-state index >= 15 is 0 Å². The molecule has 1 aliphatic rings. The first-order chi connectivity index (χ1) is 16.1. The van der Waals surface area contributed by atoms with Gasteiger partial charge in [-0.2, -0.15) is 10.4 Å². The van der Waals surface area contributed by atoms with Crippen LogP contribution in [0.15, 0.2) is 77.7 Å². The first kappa shape index (κ1) is 20.3. The maximum Gasteiger partial charge on any atom is 0.277 e. The Labute approximate surface area is 189 Å². The third kappa shape index (κ3) is 3.46. The van der Waals surface area contributed by atoms with E-state index < -0.39 is 0 Å². The number of methoxy groups -OCH3 is 1. The molecule has 162 valence electrons. The predicted molar refractivity (Wildman–Crippen MR) is 122 cm³/mol.